The number of hydrogen-bond donors (Lipinski definition) is 1. The molecule has 516 valence electrons. The van der Waals surface area contributed by atoms with E-state index in [0.717, 1.165) is 12.0 Å². The van der Waals surface area contributed by atoms with E-state index in [2.05, 4.69) is 13.0 Å². The fraction of sp³-hybridized carbons (Fsp3) is 0.930. The number of rotatable bonds is 79. The first-order valence-corrected chi connectivity index (χ1v) is 42.1. The molecule has 0 saturated carbocycles. The van der Waals surface area contributed by atoms with Gasteiger partial charge in [0.25, 0.3) is 0 Å². The first-order valence-electron chi connectivity index (χ1n) is 42.1. The highest BCUT2D eigenvalue weighted by Crippen LogP contribution is 2.23. The number of phenols is 1. The largest absolute Gasteiger partial charge is 0.508 e. The first-order chi connectivity index (χ1) is 43.3. The zero-order valence-electron chi connectivity index (χ0n) is 60.6. The maximum absolute atomic E-state index is 9.89. The van der Waals surface area contributed by atoms with E-state index in [1.807, 2.05) is 18.2 Å². The lowest BCUT2D eigenvalue weighted by molar-refractivity contribution is 0.465. The smallest absolute Gasteiger partial charge is 0.118 e. The molecule has 0 aromatic heterocycles. The van der Waals surface area contributed by atoms with Crippen LogP contribution in [0, 0.1) is 0 Å². The van der Waals surface area contributed by atoms with Gasteiger partial charge in [-0.3, -0.25) is 0 Å². The Kier molecular flexibility index (Phi) is 74.8. The Bertz CT molecular complexity index is 1330. The van der Waals surface area contributed by atoms with Gasteiger partial charge in [-0.25, -0.2) is 0 Å². The van der Waals surface area contributed by atoms with E-state index in [9.17, 15) is 5.11 Å². The second kappa shape index (κ2) is 77.5. The van der Waals surface area contributed by atoms with Crippen molar-refractivity contribution in [2.24, 2.45) is 0 Å². The number of aromatic hydroxyl groups is 1. The van der Waals surface area contributed by atoms with Gasteiger partial charge in [-0.2, -0.15) is 0 Å². The van der Waals surface area contributed by atoms with E-state index in [-0.39, 0.29) is 0 Å². The van der Waals surface area contributed by atoms with Crippen molar-refractivity contribution in [3.8, 4) is 5.75 Å². The number of aryl methyl sites for hydroxylation is 1. The zero-order valence-corrected chi connectivity index (χ0v) is 60.6. The molecule has 1 aromatic rings. The van der Waals surface area contributed by atoms with Crippen LogP contribution < -0.4 is 0 Å². The van der Waals surface area contributed by atoms with Crippen molar-refractivity contribution in [2.45, 2.75) is 514 Å². The van der Waals surface area contributed by atoms with Crippen LogP contribution in [0.1, 0.15) is 513 Å². The summed E-state index contributed by atoms with van der Waals surface area (Å²) in [6, 6.07) is 7.82. The lowest BCUT2D eigenvalue weighted by Gasteiger charge is -2.05. The van der Waals surface area contributed by atoms with Gasteiger partial charge in [0.15, 0.2) is 0 Å². The topological polar surface area (TPSA) is 20.2 Å². The van der Waals surface area contributed by atoms with Crippen LogP contribution in [0.4, 0.5) is 0 Å². The highest BCUT2D eigenvalue weighted by Gasteiger charge is 2.03. The Morgan fingerprint density at radius 3 is 0.402 bits per heavy atom. The monoisotopic (exact) mass is 1220 g/mol. The van der Waals surface area contributed by atoms with Gasteiger partial charge in [0.1, 0.15) is 5.75 Å². The summed E-state index contributed by atoms with van der Waals surface area (Å²) < 4.78 is 0. The summed E-state index contributed by atoms with van der Waals surface area (Å²) in [6.45, 7) is 2.32. The van der Waals surface area contributed by atoms with E-state index in [4.69, 9.17) is 0 Å². The lowest BCUT2D eigenvalue weighted by atomic mass is 10.0. The molecule has 1 rings (SSSR count). The predicted octanol–water partition coefficient (Wildman–Crippen LogP) is 32.4. The Morgan fingerprint density at radius 1 is 0.161 bits per heavy atom. The maximum Gasteiger partial charge on any atom is 0.118 e. The average Bonchev–Trinajstić information content (AvgIpc) is 3.54. The van der Waals surface area contributed by atoms with Crippen molar-refractivity contribution in [1.29, 1.82) is 0 Å². The second-order valence-corrected chi connectivity index (χ2v) is 29.6. The Morgan fingerprint density at radius 2 is 0.276 bits per heavy atom. The van der Waals surface area contributed by atoms with E-state index in [1.165, 1.54) is 501 Å². The summed E-state index contributed by atoms with van der Waals surface area (Å²) in [6.07, 6.45) is 116. The first kappa shape index (κ1) is 84.0. The van der Waals surface area contributed by atoms with Crippen LogP contribution in [0.3, 0.4) is 0 Å². The molecular formula is C86H166O. The van der Waals surface area contributed by atoms with Crippen molar-refractivity contribution in [3.63, 3.8) is 0 Å². The summed E-state index contributed by atoms with van der Waals surface area (Å²) in [4.78, 5) is 0. The Balaban J connectivity index is 1.58. The number of unbranched alkanes of at least 4 members (excludes halogenated alkanes) is 77. The number of hydrogen-bond acceptors (Lipinski definition) is 1. The summed E-state index contributed by atoms with van der Waals surface area (Å²) in [5.74, 6) is 0.469. The molecule has 0 saturated heterocycles. The van der Waals surface area contributed by atoms with Crippen molar-refractivity contribution < 1.29 is 5.11 Å². The van der Waals surface area contributed by atoms with E-state index in [1.54, 1.807) is 0 Å². The van der Waals surface area contributed by atoms with Crippen LogP contribution in [0.5, 0.6) is 5.75 Å². The van der Waals surface area contributed by atoms with Gasteiger partial charge in [-0.05, 0) is 24.5 Å². The Labute approximate surface area is 551 Å². The van der Waals surface area contributed by atoms with Gasteiger partial charge in [0, 0.05) is 0 Å². The zero-order chi connectivity index (χ0) is 61.8. The Hall–Kier alpha value is -0.980. The minimum atomic E-state index is 0.469. The van der Waals surface area contributed by atoms with Gasteiger partial charge in [0.2, 0.25) is 0 Å². The SMILES string of the molecule is CCCCCCCCCCCCCCCCCCCCCCCCCCCCCCCCCCCCCCCCCCCCCCCCCCCCCCCCCCCCCCCCCCCCCCCCCCCCCCCCc1ccccc1O. The molecule has 1 aromatic carbocycles. The number of phenolic OH excluding ortho intramolecular Hbond substituents is 1. The molecule has 0 bridgehead atoms. The van der Waals surface area contributed by atoms with Gasteiger partial charge < -0.3 is 5.11 Å². The van der Waals surface area contributed by atoms with Crippen LogP contribution in [-0.2, 0) is 6.42 Å². The van der Waals surface area contributed by atoms with E-state index < -0.39 is 0 Å². The molecule has 0 fully saturated rings. The molecule has 0 aliphatic heterocycles. The van der Waals surface area contributed by atoms with Crippen LogP contribution in [0.2, 0.25) is 0 Å². The molecule has 1 heteroatoms. The van der Waals surface area contributed by atoms with Crippen LogP contribution >= 0.6 is 0 Å². The second-order valence-electron chi connectivity index (χ2n) is 29.6. The van der Waals surface area contributed by atoms with Gasteiger partial charge in [0.05, 0.1) is 0 Å². The third-order valence-corrected chi connectivity index (χ3v) is 20.8. The summed E-state index contributed by atoms with van der Waals surface area (Å²) >= 11 is 0. The van der Waals surface area contributed by atoms with Gasteiger partial charge >= 0.3 is 0 Å². The molecule has 0 spiro atoms. The van der Waals surface area contributed by atoms with Crippen molar-refractivity contribution in [2.75, 3.05) is 0 Å². The summed E-state index contributed by atoms with van der Waals surface area (Å²) in [5, 5.41) is 9.89. The van der Waals surface area contributed by atoms with E-state index >= 15 is 0 Å². The molecule has 0 heterocycles. The molecular weight excluding hydrogens is 1050 g/mol. The van der Waals surface area contributed by atoms with E-state index in [0.29, 0.717) is 5.75 Å². The molecule has 87 heavy (non-hydrogen) atoms. The minimum Gasteiger partial charge on any atom is -0.508 e. The lowest BCUT2D eigenvalue weighted by Crippen LogP contribution is -1.87. The normalized spacial score (nSPS) is 11.7. The molecule has 0 aliphatic carbocycles. The fourth-order valence-electron chi connectivity index (χ4n) is 14.5. The van der Waals surface area contributed by atoms with Crippen molar-refractivity contribution >= 4 is 0 Å². The maximum atomic E-state index is 9.89. The summed E-state index contributed by atoms with van der Waals surface area (Å²) in [5.41, 5.74) is 1.11. The third-order valence-electron chi connectivity index (χ3n) is 20.8. The molecule has 0 aliphatic rings. The van der Waals surface area contributed by atoms with Crippen LogP contribution in [0.15, 0.2) is 24.3 Å². The molecule has 1 N–H and O–H groups in total. The average molecular weight is 1220 g/mol. The minimum absolute atomic E-state index is 0.469. The molecule has 1 nitrogen and oxygen atoms in total. The molecule has 0 amide bonds. The molecule has 0 atom stereocenters. The standard InChI is InChI=1S/C86H166O/c1-2-3-4-5-6-7-8-9-10-11-12-13-14-15-16-17-18-19-20-21-22-23-24-25-26-27-28-29-30-31-32-33-34-35-36-37-38-39-40-41-42-43-44-45-46-47-48-49-50-51-52-53-54-55-56-57-58-59-60-61-62-63-64-65-66-67-68-69-70-71-72-73-74-75-76-77-78-79-82-85-83-80-81-84-86(85)87/h80-81,83-84,87H,2-79,82H2,1H3. The van der Waals surface area contributed by atoms with Crippen LogP contribution in [-0.4, -0.2) is 5.11 Å². The predicted molar refractivity (Wildman–Crippen MR) is 398 cm³/mol. The molecule has 0 unspecified atom stereocenters. The third kappa shape index (κ3) is 72.3. The summed E-state index contributed by atoms with van der Waals surface area (Å²) in [7, 11) is 0. The number of benzene rings is 1. The van der Waals surface area contributed by atoms with Gasteiger partial charge in [-0.15, -0.1) is 0 Å². The van der Waals surface area contributed by atoms with Crippen molar-refractivity contribution in [3.05, 3.63) is 29.8 Å². The van der Waals surface area contributed by atoms with Crippen LogP contribution in [0.25, 0.3) is 0 Å². The molecule has 0 radical (unpaired) electrons. The van der Waals surface area contributed by atoms with Crippen molar-refractivity contribution in [1.82, 2.24) is 0 Å². The number of para-hydroxylation sites is 1. The van der Waals surface area contributed by atoms with Gasteiger partial charge in [-0.1, -0.05) is 520 Å². The quantitative estimate of drug-likeness (QED) is 0.0645. The highest BCUT2D eigenvalue weighted by molar-refractivity contribution is 5.31. The highest BCUT2D eigenvalue weighted by atomic mass is 16.3. The fourth-order valence-corrected chi connectivity index (χ4v) is 14.5.